The summed E-state index contributed by atoms with van der Waals surface area (Å²) < 4.78 is 81.5. The first-order chi connectivity index (χ1) is 19.4. The lowest BCUT2D eigenvalue weighted by Gasteiger charge is -2.33. The van der Waals surface area contributed by atoms with E-state index in [4.69, 9.17) is 0 Å². The molecule has 0 bridgehead atoms. The molecule has 0 aliphatic carbocycles. The minimum atomic E-state index is -4.59. The number of pyridine rings is 2. The lowest BCUT2D eigenvalue weighted by Crippen LogP contribution is -2.30. The molecule has 0 saturated carbocycles. The van der Waals surface area contributed by atoms with Crippen molar-refractivity contribution < 1.29 is 26.3 Å². The van der Waals surface area contributed by atoms with E-state index in [9.17, 15) is 26.3 Å². The fourth-order valence-electron chi connectivity index (χ4n) is 5.10. The SMILES string of the molecule is Cc1cc2c(cc1C(F)(F)F)N(Cc1ccncc1)CCC[C@@H]2N(Cc1ccc(C(F)(F)F)nc1)c1nnn(C)n1. The number of fused-ring (bicyclic) bond motifs is 1. The second-order valence-electron chi connectivity index (χ2n) is 9.91. The smallest absolute Gasteiger partial charge is 0.367 e. The average Bonchev–Trinajstić information content (AvgIpc) is 3.27. The molecule has 216 valence electrons. The Kier molecular flexibility index (Phi) is 7.58. The van der Waals surface area contributed by atoms with Crippen LogP contribution in [0.3, 0.4) is 0 Å². The third-order valence-electron chi connectivity index (χ3n) is 7.01. The zero-order valence-corrected chi connectivity index (χ0v) is 22.2. The molecular weight excluding hydrogens is 550 g/mol. The second-order valence-corrected chi connectivity index (χ2v) is 9.91. The number of alkyl halides is 6. The van der Waals surface area contributed by atoms with Crippen LogP contribution in [0, 0.1) is 6.92 Å². The predicted octanol–water partition coefficient (Wildman–Crippen LogP) is 5.89. The summed E-state index contributed by atoms with van der Waals surface area (Å²) in [6, 6.07) is 8.08. The Labute approximate surface area is 231 Å². The highest BCUT2D eigenvalue weighted by Crippen LogP contribution is 2.43. The van der Waals surface area contributed by atoms with Gasteiger partial charge in [-0.1, -0.05) is 17.2 Å². The minimum Gasteiger partial charge on any atom is -0.367 e. The molecule has 0 radical (unpaired) electrons. The summed E-state index contributed by atoms with van der Waals surface area (Å²) in [5, 5.41) is 12.4. The lowest BCUT2D eigenvalue weighted by molar-refractivity contribution is -0.141. The Bertz CT molecular complexity index is 1480. The molecular formula is C27H26F6N8. The van der Waals surface area contributed by atoms with Crippen molar-refractivity contribution in [1.29, 1.82) is 0 Å². The van der Waals surface area contributed by atoms with Gasteiger partial charge in [-0.3, -0.25) is 9.97 Å². The zero-order valence-electron chi connectivity index (χ0n) is 22.2. The summed E-state index contributed by atoms with van der Waals surface area (Å²) in [5.41, 5.74) is 0.710. The molecule has 8 nitrogen and oxygen atoms in total. The molecule has 0 fully saturated rings. The van der Waals surface area contributed by atoms with Crippen LogP contribution < -0.4 is 9.80 Å². The third-order valence-corrected chi connectivity index (χ3v) is 7.01. The summed E-state index contributed by atoms with van der Waals surface area (Å²) in [6.07, 6.45) is -3.60. The first-order valence-corrected chi connectivity index (χ1v) is 12.8. The molecule has 14 heteroatoms. The first kappa shape index (κ1) is 28.3. The molecule has 0 saturated heterocycles. The van der Waals surface area contributed by atoms with E-state index in [1.54, 1.807) is 30.4 Å². The summed E-state index contributed by atoms with van der Waals surface area (Å²) in [6.45, 7) is 2.33. The predicted molar refractivity (Wildman–Crippen MR) is 138 cm³/mol. The Morgan fingerprint density at radius 2 is 1.73 bits per heavy atom. The minimum absolute atomic E-state index is 0.0609. The molecule has 1 aliphatic rings. The van der Waals surface area contributed by atoms with E-state index in [0.717, 1.165) is 17.8 Å². The highest BCUT2D eigenvalue weighted by atomic mass is 19.4. The van der Waals surface area contributed by atoms with Gasteiger partial charge in [-0.15, -0.1) is 5.10 Å². The standard InChI is InChI=1S/C27H26F6N8/c1-17-12-20-22(41(25-36-38-39(2)37-25)16-19-5-6-24(35-14-19)27(31,32)33)4-3-11-40(15-18-7-9-34-10-8-18)23(20)13-21(17)26(28,29)30/h5-10,12-14,22H,3-4,11,15-16H2,1-2H3/t22-/m0/s1. The molecule has 5 rings (SSSR count). The quantitative estimate of drug-likeness (QED) is 0.265. The Morgan fingerprint density at radius 3 is 2.34 bits per heavy atom. The van der Waals surface area contributed by atoms with Gasteiger partial charge in [0.05, 0.1) is 18.7 Å². The Hall–Kier alpha value is -4.23. The van der Waals surface area contributed by atoms with Gasteiger partial charge in [-0.25, -0.2) is 0 Å². The van der Waals surface area contributed by atoms with Crippen LogP contribution in [0.4, 0.5) is 38.0 Å². The van der Waals surface area contributed by atoms with Crippen LogP contribution >= 0.6 is 0 Å². The molecule has 0 spiro atoms. The van der Waals surface area contributed by atoms with Crippen LogP contribution in [0.5, 0.6) is 0 Å². The molecule has 3 aromatic heterocycles. The number of benzene rings is 1. The van der Waals surface area contributed by atoms with Crippen LogP contribution in [0.2, 0.25) is 0 Å². The van der Waals surface area contributed by atoms with Crippen LogP contribution in [-0.4, -0.2) is 36.7 Å². The van der Waals surface area contributed by atoms with Crippen molar-refractivity contribution in [2.45, 2.75) is 51.2 Å². The largest absolute Gasteiger partial charge is 0.433 e. The average molecular weight is 577 g/mol. The number of aryl methyl sites for hydroxylation is 2. The fraction of sp³-hybridized carbons (Fsp3) is 0.370. The first-order valence-electron chi connectivity index (χ1n) is 12.8. The van der Waals surface area contributed by atoms with Gasteiger partial charge in [-0.05, 0) is 71.5 Å². The number of anilines is 2. The van der Waals surface area contributed by atoms with Gasteiger partial charge in [-0.2, -0.15) is 31.1 Å². The molecule has 41 heavy (non-hydrogen) atoms. The molecule has 4 heterocycles. The highest BCUT2D eigenvalue weighted by molar-refractivity contribution is 5.62. The van der Waals surface area contributed by atoms with E-state index in [0.29, 0.717) is 42.7 Å². The number of tetrazole rings is 1. The number of aromatic nitrogens is 6. The van der Waals surface area contributed by atoms with E-state index in [1.807, 2.05) is 17.0 Å². The van der Waals surface area contributed by atoms with Crippen molar-refractivity contribution in [3.05, 3.63) is 88.5 Å². The number of nitrogens with zero attached hydrogens (tertiary/aromatic N) is 8. The maximum Gasteiger partial charge on any atom is 0.433 e. The molecule has 1 aromatic carbocycles. The van der Waals surface area contributed by atoms with Gasteiger partial charge >= 0.3 is 12.4 Å². The number of halogens is 6. The van der Waals surface area contributed by atoms with Crippen molar-refractivity contribution in [3.8, 4) is 0 Å². The van der Waals surface area contributed by atoms with E-state index >= 15 is 0 Å². The molecule has 1 atom stereocenters. The lowest BCUT2D eigenvalue weighted by atomic mass is 9.94. The molecule has 0 amide bonds. The molecule has 4 aromatic rings. The van der Waals surface area contributed by atoms with Gasteiger partial charge in [0, 0.05) is 43.9 Å². The summed E-state index contributed by atoms with van der Waals surface area (Å²) in [5.74, 6) is 0.198. The van der Waals surface area contributed by atoms with Crippen molar-refractivity contribution in [1.82, 2.24) is 30.2 Å². The summed E-state index contributed by atoms with van der Waals surface area (Å²) >= 11 is 0. The zero-order chi connectivity index (χ0) is 29.4. The number of rotatable bonds is 6. The highest BCUT2D eigenvalue weighted by Gasteiger charge is 2.37. The van der Waals surface area contributed by atoms with Crippen LogP contribution in [0.15, 0.2) is 55.0 Å². The molecule has 0 unspecified atom stereocenters. The maximum atomic E-state index is 14.0. The van der Waals surface area contributed by atoms with E-state index in [1.165, 1.54) is 23.9 Å². The third kappa shape index (κ3) is 6.25. The van der Waals surface area contributed by atoms with E-state index in [2.05, 4.69) is 25.4 Å². The van der Waals surface area contributed by atoms with Crippen molar-refractivity contribution >= 4 is 11.6 Å². The topological polar surface area (TPSA) is 75.9 Å². The Morgan fingerprint density at radius 1 is 0.976 bits per heavy atom. The van der Waals surface area contributed by atoms with Gasteiger partial charge in [0.2, 0.25) is 0 Å². The Balaban J connectivity index is 1.60. The second kappa shape index (κ2) is 11.0. The van der Waals surface area contributed by atoms with Crippen molar-refractivity contribution in [3.63, 3.8) is 0 Å². The van der Waals surface area contributed by atoms with E-state index in [-0.39, 0.29) is 18.1 Å². The van der Waals surface area contributed by atoms with E-state index < -0.39 is 29.7 Å². The summed E-state index contributed by atoms with van der Waals surface area (Å²) in [7, 11) is 1.58. The monoisotopic (exact) mass is 576 g/mol. The molecule has 1 aliphatic heterocycles. The fourth-order valence-corrected chi connectivity index (χ4v) is 5.10. The normalized spacial score (nSPS) is 15.9. The van der Waals surface area contributed by atoms with Gasteiger partial charge in [0.1, 0.15) is 5.69 Å². The summed E-state index contributed by atoms with van der Waals surface area (Å²) in [4.78, 5) is 12.5. The van der Waals surface area contributed by atoms with Crippen molar-refractivity contribution in [2.24, 2.45) is 7.05 Å². The van der Waals surface area contributed by atoms with Crippen LogP contribution in [0.1, 0.15) is 52.4 Å². The number of hydrogen-bond acceptors (Lipinski definition) is 7. The van der Waals surface area contributed by atoms with Gasteiger partial charge in [0.25, 0.3) is 5.95 Å². The number of hydrogen-bond donors (Lipinski definition) is 0. The van der Waals surface area contributed by atoms with Crippen molar-refractivity contribution in [2.75, 3.05) is 16.3 Å². The van der Waals surface area contributed by atoms with Crippen LogP contribution in [0.25, 0.3) is 0 Å². The maximum absolute atomic E-state index is 14.0. The van der Waals surface area contributed by atoms with Crippen LogP contribution in [-0.2, 0) is 32.5 Å². The molecule has 0 N–H and O–H groups in total. The van der Waals surface area contributed by atoms with Gasteiger partial charge < -0.3 is 9.80 Å². The van der Waals surface area contributed by atoms with Gasteiger partial charge in [0.15, 0.2) is 0 Å².